The van der Waals surface area contributed by atoms with Crippen LogP contribution in [0, 0.1) is 5.82 Å². The van der Waals surface area contributed by atoms with Gasteiger partial charge in [-0.05, 0) is 49.4 Å². The summed E-state index contributed by atoms with van der Waals surface area (Å²) in [5, 5.41) is 2.96. The number of aromatic nitrogens is 2. The Balaban J connectivity index is 1.82. The summed E-state index contributed by atoms with van der Waals surface area (Å²) in [6, 6.07) is 16.8. The van der Waals surface area contributed by atoms with E-state index in [1.807, 2.05) is 37.3 Å². The molecule has 6 heteroatoms. The Morgan fingerprint density at radius 3 is 2.48 bits per heavy atom. The Labute approximate surface area is 145 Å². The quantitative estimate of drug-likeness (QED) is 0.764. The van der Waals surface area contributed by atoms with Gasteiger partial charge in [0.15, 0.2) is 0 Å². The lowest BCUT2D eigenvalue weighted by Gasteiger charge is -2.20. The Hall–Kier alpha value is -3.28. The first kappa shape index (κ1) is 16.6. The third-order valence-electron chi connectivity index (χ3n) is 3.60. The molecule has 0 spiro atoms. The van der Waals surface area contributed by atoms with Crippen LogP contribution in [0.5, 0.6) is 0 Å². The molecule has 0 unspecified atom stereocenters. The van der Waals surface area contributed by atoms with Crippen molar-refractivity contribution in [1.29, 1.82) is 0 Å². The number of anilines is 3. The maximum atomic E-state index is 13.0. The Bertz CT molecular complexity index is 853. The van der Waals surface area contributed by atoms with Crippen molar-refractivity contribution in [2.75, 3.05) is 16.8 Å². The number of benzene rings is 2. The van der Waals surface area contributed by atoms with Gasteiger partial charge in [0.1, 0.15) is 11.5 Å². The number of rotatable bonds is 5. The molecule has 3 aromatic rings. The molecule has 0 saturated carbocycles. The van der Waals surface area contributed by atoms with Crippen LogP contribution in [0.15, 0.2) is 66.9 Å². The third-order valence-corrected chi connectivity index (χ3v) is 3.60. The van der Waals surface area contributed by atoms with Crippen LogP contribution in [0.3, 0.4) is 0 Å². The lowest BCUT2D eigenvalue weighted by atomic mass is 10.2. The number of carbonyl (C=O) groups excluding carboxylic acids is 1. The molecule has 0 radical (unpaired) electrons. The second kappa shape index (κ2) is 7.53. The summed E-state index contributed by atoms with van der Waals surface area (Å²) in [5.74, 6) is -0.253. The van der Waals surface area contributed by atoms with Crippen LogP contribution in [-0.2, 0) is 0 Å². The molecule has 0 aliphatic heterocycles. The van der Waals surface area contributed by atoms with Crippen LogP contribution in [0.4, 0.5) is 21.7 Å². The fourth-order valence-electron chi connectivity index (χ4n) is 2.39. The van der Waals surface area contributed by atoms with Gasteiger partial charge in [-0.25, -0.2) is 14.4 Å². The highest BCUT2D eigenvalue weighted by Crippen LogP contribution is 2.17. The van der Waals surface area contributed by atoms with E-state index < -0.39 is 0 Å². The largest absolute Gasteiger partial charge is 0.324 e. The third kappa shape index (κ3) is 3.98. The summed E-state index contributed by atoms with van der Waals surface area (Å²) < 4.78 is 13.0. The van der Waals surface area contributed by atoms with E-state index in [1.54, 1.807) is 23.1 Å². The second-order valence-electron chi connectivity index (χ2n) is 5.28. The van der Waals surface area contributed by atoms with E-state index in [2.05, 4.69) is 15.3 Å². The summed E-state index contributed by atoms with van der Waals surface area (Å²) in [7, 11) is 0. The molecule has 0 aliphatic rings. The first-order chi connectivity index (χ1) is 12.2. The molecule has 1 aromatic heterocycles. The predicted molar refractivity (Wildman–Crippen MR) is 95.5 cm³/mol. The summed E-state index contributed by atoms with van der Waals surface area (Å²) in [6.07, 6.45) is 1.52. The second-order valence-corrected chi connectivity index (χ2v) is 5.28. The van der Waals surface area contributed by atoms with Gasteiger partial charge in [-0.1, -0.05) is 18.2 Å². The average Bonchev–Trinajstić information content (AvgIpc) is 2.65. The van der Waals surface area contributed by atoms with Gasteiger partial charge in [0.05, 0.1) is 0 Å². The zero-order chi connectivity index (χ0) is 17.6. The van der Waals surface area contributed by atoms with Gasteiger partial charge in [-0.2, -0.15) is 0 Å². The van der Waals surface area contributed by atoms with Crippen LogP contribution in [-0.4, -0.2) is 22.4 Å². The molecule has 25 heavy (non-hydrogen) atoms. The Morgan fingerprint density at radius 1 is 1.08 bits per heavy atom. The highest BCUT2D eigenvalue weighted by atomic mass is 19.1. The number of amides is 1. The Kier molecular flexibility index (Phi) is 4.99. The van der Waals surface area contributed by atoms with Crippen molar-refractivity contribution in [2.45, 2.75) is 6.92 Å². The van der Waals surface area contributed by atoms with Gasteiger partial charge in [0, 0.05) is 24.1 Å². The molecule has 0 bridgehead atoms. The van der Waals surface area contributed by atoms with Gasteiger partial charge < -0.3 is 10.2 Å². The minimum absolute atomic E-state index is 0.210. The normalized spacial score (nSPS) is 10.3. The van der Waals surface area contributed by atoms with Crippen molar-refractivity contribution in [2.24, 2.45) is 0 Å². The fourth-order valence-corrected chi connectivity index (χ4v) is 2.39. The van der Waals surface area contributed by atoms with Crippen LogP contribution < -0.4 is 10.2 Å². The highest BCUT2D eigenvalue weighted by Gasteiger charge is 2.17. The maximum absolute atomic E-state index is 13.0. The van der Waals surface area contributed by atoms with Crippen LogP contribution >= 0.6 is 0 Å². The van der Waals surface area contributed by atoms with E-state index >= 15 is 0 Å². The zero-order valence-electron chi connectivity index (χ0n) is 13.7. The zero-order valence-corrected chi connectivity index (χ0v) is 13.7. The smallest absolute Gasteiger partial charge is 0.277 e. The molecular weight excluding hydrogens is 319 g/mol. The number of nitrogens with zero attached hydrogens (tertiary/aromatic N) is 3. The van der Waals surface area contributed by atoms with Gasteiger partial charge in [0.2, 0.25) is 5.95 Å². The van der Waals surface area contributed by atoms with Gasteiger partial charge >= 0.3 is 0 Å². The lowest BCUT2D eigenvalue weighted by Crippen LogP contribution is -2.31. The molecule has 1 N–H and O–H groups in total. The minimum Gasteiger partial charge on any atom is -0.324 e. The molecule has 0 atom stereocenters. The summed E-state index contributed by atoms with van der Waals surface area (Å²) in [5.41, 5.74) is 1.73. The summed E-state index contributed by atoms with van der Waals surface area (Å²) >= 11 is 0. The molecular formula is C19H17FN4O. The lowest BCUT2D eigenvalue weighted by molar-refractivity contribution is 0.0983. The van der Waals surface area contributed by atoms with Crippen molar-refractivity contribution in [3.05, 3.63) is 78.4 Å². The number of hydrogen-bond acceptors (Lipinski definition) is 4. The van der Waals surface area contributed by atoms with Crippen LogP contribution in [0.1, 0.15) is 17.4 Å². The van der Waals surface area contributed by atoms with Crippen LogP contribution in [0.2, 0.25) is 0 Å². The standard InChI is InChI=1S/C19H17FN4O/c1-2-24(16-6-4-3-5-7-16)18(25)17-12-13-21-19(23-17)22-15-10-8-14(20)9-11-15/h3-13H,2H2,1H3,(H,21,22,23). The number of hydrogen-bond donors (Lipinski definition) is 1. The molecule has 126 valence electrons. The molecule has 0 saturated heterocycles. The molecule has 1 amide bonds. The fraction of sp³-hybridized carbons (Fsp3) is 0.105. The number of carbonyl (C=O) groups is 1. The number of nitrogens with one attached hydrogen (secondary N) is 1. The molecule has 5 nitrogen and oxygen atoms in total. The SMILES string of the molecule is CCN(C(=O)c1ccnc(Nc2ccc(F)cc2)n1)c1ccccc1. The van der Waals surface area contributed by atoms with Crippen molar-refractivity contribution in [3.8, 4) is 0 Å². The first-order valence-electron chi connectivity index (χ1n) is 7.90. The van der Waals surface area contributed by atoms with Crippen molar-refractivity contribution in [3.63, 3.8) is 0 Å². The van der Waals surface area contributed by atoms with E-state index in [0.717, 1.165) is 5.69 Å². The van der Waals surface area contributed by atoms with Gasteiger partial charge in [-0.3, -0.25) is 4.79 Å². The molecule has 3 rings (SSSR count). The monoisotopic (exact) mass is 336 g/mol. The van der Waals surface area contributed by atoms with Crippen molar-refractivity contribution >= 4 is 23.2 Å². The summed E-state index contributed by atoms with van der Waals surface area (Å²) in [6.45, 7) is 2.43. The predicted octanol–water partition coefficient (Wildman–Crippen LogP) is 4.03. The number of para-hydroxylation sites is 1. The minimum atomic E-state index is -0.322. The molecule has 0 fully saturated rings. The topological polar surface area (TPSA) is 58.1 Å². The van der Waals surface area contributed by atoms with E-state index in [4.69, 9.17) is 0 Å². The maximum Gasteiger partial charge on any atom is 0.277 e. The van der Waals surface area contributed by atoms with E-state index in [0.29, 0.717) is 12.2 Å². The molecule has 1 heterocycles. The molecule has 2 aromatic carbocycles. The highest BCUT2D eigenvalue weighted by molar-refractivity contribution is 6.04. The van der Waals surface area contributed by atoms with E-state index in [-0.39, 0.29) is 23.4 Å². The van der Waals surface area contributed by atoms with Crippen LogP contribution in [0.25, 0.3) is 0 Å². The van der Waals surface area contributed by atoms with Gasteiger partial charge in [0.25, 0.3) is 5.91 Å². The number of halogens is 1. The average molecular weight is 336 g/mol. The summed E-state index contributed by atoms with van der Waals surface area (Å²) in [4.78, 5) is 22.8. The van der Waals surface area contributed by atoms with E-state index in [1.165, 1.54) is 18.3 Å². The van der Waals surface area contributed by atoms with Gasteiger partial charge in [-0.15, -0.1) is 0 Å². The van der Waals surface area contributed by atoms with E-state index in [9.17, 15) is 9.18 Å². The molecule has 0 aliphatic carbocycles. The first-order valence-corrected chi connectivity index (χ1v) is 7.90. The Morgan fingerprint density at radius 2 is 1.80 bits per heavy atom. The van der Waals surface area contributed by atoms with Crippen molar-refractivity contribution in [1.82, 2.24) is 9.97 Å². The van der Waals surface area contributed by atoms with Crippen molar-refractivity contribution < 1.29 is 9.18 Å².